The highest BCUT2D eigenvalue weighted by Gasteiger charge is 2.10. The van der Waals surface area contributed by atoms with Crippen LogP contribution < -0.4 is 4.72 Å². The fraction of sp³-hybridized carbons (Fsp3) is 0.0625. The Bertz CT molecular complexity index is 765. The molecule has 108 valence electrons. The molecule has 0 aliphatic rings. The van der Waals surface area contributed by atoms with Gasteiger partial charge in [-0.15, -0.1) is 0 Å². The smallest absolute Gasteiger partial charge is 0.240 e. The Morgan fingerprint density at radius 1 is 1.05 bits per heavy atom. The first-order valence-corrected chi connectivity index (χ1v) is 7.82. The standard InChI is InChI=1S/C16H15NO3S/c1-17-21(19,20)15-9-5-6-13(12-15)10-11-16(18)14-7-3-2-4-8-14/h2-12,17H,1H3/b11-10+. The molecule has 0 radical (unpaired) electrons. The number of ketones is 1. The number of hydrogen-bond acceptors (Lipinski definition) is 3. The Morgan fingerprint density at radius 3 is 2.43 bits per heavy atom. The van der Waals surface area contributed by atoms with Crippen LogP contribution in [-0.2, 0) is 10.0 Å². The van der Waals surface area contributed by atoms with Crippen molar-refractivity contribution in [3.8, 4) is 0 Å². The van der Waals surface area contributed by atoms with E-state index in [4.69, 9.17) is 0 Å². The van der Waals surface area contributed by atoms with E-state index in [-0.39, 0.29) is 10.7 Å². The van der Waals surface area contributed by atoms with Crippen LogP contribution in [-0.4, -0.2) is 21.2 Å². The fourth-order valence-corrected chi connectivity index (χ4v) is 2.56. The molecule has 0 aromatic heterocycles. The maximum atomic E-state index is 11.9. The molecule has 21 heavy (non-hydrogen) atoms. The predicted molar refractivity (Wildman–Crippen MR) is 82.5 cm³/mol. The molecule has 4 nitrogen and oxygen atoms in total. The fourth-order valence-electron chi connectivity index (χ4n) is 1.77. The zero-order chi connectivity index (χ0) is 15.3. The SMILES string of the molecule is CNS(=O)(=O)c1cccc(/C=C/C(=O)c2ccccc2)c1. The van der Waals surface area contributed by atoms with Gasteiger partial charge in [0.05, 0.1) is 4.90 Å². The summed E-state index contributed by atoms with van der Waals surface area (Å²) in [5.41, 5.74) is 1.24. The number of allylic oxidation sites excluding steroid dienone is 1. The van der Waals surface area contributed by atoms with Crippen LogP contribution in [0.1, 0.15) is 15.9 Å². The Labute approximate surface area is 124 Å². The minimum Gasteiger partial charge on any atom is -0.289 e. The van der Waals surface area contributed by atoms with E-state index in [0.717, 1.165) is 0 Å². The lowest BCUT2D eigenvalue weighted by molar-refractivity contribution is 0.104. The second-order valence-electron chi connectivity index (χ2n) is 4.34. The maximum absolute atomic E-state index is 11.9. The largest absolute Gasteiger partial charge is 0.289 e. The van der Waals surface area contributed by atoms with Gasteiger partial charge in [-0.05, 0) is 30.8 Å². The van der Waals surface area contributed by atoms with E-state index >= 15 is 0 Å². The Kier molecular flexibility index (Phi) is 4.67. The molecule has 0 saturated carbocycles. The zero-order valence-electron chi connectivity index (χ0n) is 11.5. The first-order valence-electron chi connectivity index (χ1n) is 6.34. The Hall–Kier alpha value is -2.24. The zero-order valence-corrected chi connectivity index (χ0v) is 12.3. The number of rotatable bonds is 5. The summed E-state index contributed by atoms with van der Waals surface area (Å²) in [6.07, 6.45) is 3.03. The summed E-state index contributed by atoms with van der Waals surface area (Å²) >= 11 is 0. The van der Waals surface area contributed by atoms with Gasteiger partial charge in [-0.3, -0.25) is 4.79 Å². The average Bonchev–Trinajstić information content (AvgIpc) is 2.53. The minimum atomic E-state index is -3.48. The van der Waals surface area contributed by atoms with Crippen LogP contribution in [0.15, 0.2) is 65.6 Å². The summed E-state index contributed by atoms with van der Waals surface area (Å²) in [6, 6.07) is 15.3. The van der Waals surface area contributed by atoms with Gasteiger partial charge < -0.3 is 0 Å². The summed E-state index contributed by atoms with van der Waals surface area (Å²) in [7, 11) is -2.12. The van der Waals surface area contributed by atoms with Gasteiger partial charge in [0, 0.05) is 5.56 Å². The molecule has 0 bridgehead atoms. The van der Waals surface area contributed by atoms with E-state index < -0.39 is 10.0 Å². The highest BCUT2D eigenvalue weighted by atomic mass is 32.2. The van der Waals surface area contributed by atoms with Crippen molar-refractivity contribution >= 4 is 21.9 Å². The van der Waals surface area contributed by atoms with Gasteiger partial charge in [-0.1, -0.05) is 48.5 Å². The van der Waals surface area contributed by atoms with Gasteiger partial charge in [0.1, 0.15) is 0 Å². The van der Waals surface area contributed by atoms with Crippen molar-refractivity contribution in [1.29, 1.82) is 0 Å². The third-order valence-corrected chi connectivity index (χ3v) is 4.33. The molecule has 0 saturated heterocycles. The number of sulfonamides is 1. The van der Waals surface area contributed by atoms with E-state index in [2.05, 4.69) is 4.72 Å². The Morgan fingerprint density at radius 2 is 1.76 bits per heavy atom. The molecule has 0 unspecified atom stereocenters. The molecule has 0 fully saturated rings. The second kappa shape index (κ2) is 6.47. The van der Waals surface area contributed by atoms with E-state index in [1.54, 1.807) is 42.5 Å². The number of carbonyl (C=O) groups is 1. The molecule has 0 atom stereocenters. The number of carbonyl (C=O) groups excluding carboxylic acids is 1. The summed E-state index contributed by atoms with van der Waals surface area (Å²) in [4.78, 5) is 12.1. The van der Waals surface area contributed by atoms with Crippen molar-refractivity contribution in [3.63, 3.8) is 0 Å². The molecule has 0 aliphatic heterocycles. The summed E-state index contributed by atoms with van der Waals surface area (Å²) in [6.45, 7) is 0. The van der Waals surface area contributed by atoms with Gasteiger partial charge in [-0.25, -0.2) is 13.1 Å². The van der Waals surface area contributed by atoms with Crippen molar-refractivity contribution in [2.75, 3.05) is 7.05 Å². The number of hydrogen-bond donors (Lipinski definition) is 1. The maximum Gasteiger partial charge on any atom is 0.240 e. The Balaban J connectivity index is 2.23. The van der Waals surface area contributed by atoms with Crippen molar-refractivity contribution in [1.82, 2.24) is 4.72 Å². The lowest BCUT2D eigenvalue weighted by atomic mass is 10.1. The van der Waals surface area contributed by atoms with Gasteiger partial charge in [0.2, 0.25) is 10.0 Å². The normalized spacial score (nSPS) is 11.7. The number of nitrogens with one attached hydrogen (secondary N) is 1. The van der Waals surface area contributed by atoms with Gasteiger partial charge >= 0.3 is 0 Å². The van der Waals surface area contributed by atoms with E-state index in [0.29, 0.717) is 11.1 Å². The van der Waals surface area contributed by atoms with Crippen LogP contribution in [0, 0.1) is 0 Å². The van der Waals surface area contributed by atoms with E-state index in [1.807, 2.05) is 6.07 Å². The molecule has 2 aromatic rings. The number of benzene rings is 2. The summed E-state index contributed by atoms with van der Waals surface area (Å²) < 4.78 is 25.7. The molecule has 1 N–H and O–H groups in total. The first kappa shape index (κ1) is 15.2. The molecule has 0 aliphatic carbocycles. The molecule has 0 spiro atoms. The first-order chi connectivity index (χ1) is 10.0. The molecular formula is C16H15NO3S. The minimum absolute atomic E-state index is 0.127. The predicted octanol–water partition coefficient (Wildman–Crippen LogP) is 2.49. The van der Waals surface area contributed by atoms with E-state index in [1.165, 1.54) is 25.3 Å². The van der Waals surface area contributed by atoms with Crippen LogP contribution in [0.4, 0.5) is 0 Å². The van der Waals surface area contributed by atoms with Crippen LogP contribution in [0.25, 0.3) is 6.08 Å². The van der Waals surface area contributed by atoms with Gasteiger partial charge in [0.25, 0.3) is 0 Å². The monoisotopic (exact) mass is 301 g/mol. The van der Waals surface area contributed by atoms with Crippen LogP contribution in [0.2, 0.25) is 0 Å². The molecule has 0 heterocycles. The molecule has 2 aromatic carbocycles. The van der Waals surface area contributed by atoms with Gasteiger partial charge in [0.15, 0.2) is 5.78 Å². The second-order valence-corrected chi connectivity index (χ2v) is 6.23. The lowest BCUT2D eigenvalue weighted by Crippen LogP contribution is -2.18. The van der Waals surface area contributed by atoms with Crippen LogP contribution in [0.3, 0.4) is 0 Å². The molecule has 2 rings (SSSR count). The third kappa shape index (κ3) is 3.87. The van der Waals surface area contributed by atoms with Crippen molar-refractivity contribution in [2.24, 2.45) is 0 Å². The molecule has 5 heteroatoms. The van der Waals surface area contributed by atoms with Crippen molar-refractivity contribution in [3.05, 3.63) is 71.8 Å². The molecular weight excluding hydrogens is 286 g/mol. The highest BCUT2D eigenvalue weighted by molar-refractivity contribution is 7.89. The third-order valence-electron chi connectivity index (χ3n) is 2.92. The van der Waals surface area contributed by atoms with Crippen molar-refractivity contribution < 1.29 is 13.2 Å². The quantitative estimate of drug-likeness (QED) is 0.681. The van der Waals surface area contributed by atoms with Crippen LogP contribution in [0.5, 0.6) is 0 Å². The van der Waals surface area contributed by atoms with Gasteiger partial charge in [-0.2, -0.15) is 0 Å². The van der Waals surface area contributed by atoms with Crippen molar-refractivity contribution in [2.45, 2.75) is 4.90 Å². The lowest BCUT2D eigenvalue weighted by Gasteiger charge is -2.03. The van der Waals surface area contributed by atoms with Crippen LogP contribution >= 0.6 is 0 Å². The molecule has 0 amide bonds. The summed E-state index contributed by atoms with van der Waals surface area (Å²) in [5, 5.41) is 0. The van der Waals surface area contributed by atoms with E-state index in [9.17, 15) is 13.2 Å². The average molecular weight is 301 g/mol. The topological polar surface area (TPSA) is 63.2 Å². The summed E-state index contributed by atoms with van der Waals surface area (Å²) in [5.74, 6) is -0.127. The highest BCUT2D eigenvalue weighted by Crippen LogP contribution is 2.13.